The van der Waals surface area contributed by atoms with Gasteiger partial charge in [0.25, 0.3) is 5.95 Å². The summed E-state index contributed by atoms with van der Waals surface area (Å²) in [7, 11) is 3.16. The molecule has 112 valence electrons. The van der Waals surface area contributed by atoms with Crippen LogP contribution >= 0.6 is 0 Å². The highest BCUT2D eigenvalue weighted by atomic mass is 16.5. The van der Waals surface area contributed by atoms with Crippen LogP contribution in [0.15, 0.2) is 23.3 Å². The van der Waals surface area contributed by atoms with Crippen LogP contribution in [0.5, 0.6) is 11.5 Å². The van der Waals surface area contributed by atoms with Crippen LogP contribution in [0.3, 0.4) is 0 Å². The summed E-state index contributed by atoms with van der Waals surface area (Å²) in [6, 6.07) is 5.52. The third kappa shape index (κ3) is 3.04. The van der Waals surface area contributed by atoms with Gasteiger partial charge in [0.15, 0.2) is 17.3 Å². The lowest BCUT2D eigenvalue weighted by Gasteiger charge is -2.09. The van der Waals surface area contributed by atoms with Gasteiger partial charge in [-0.05, 0) is 12.1 Å². The van der Waals surface area contributed by atoms with Crippen molar-refractivity contribution in [2.75, 3.05) is 25.5 Å². The minimum absolute atomic E-state index is 0.366. The largest absolute Gasteiger partial charge is 0.493 e. The minimum Gasteiger partial charge on any atom is -0.493 e. The summed E-state index contributed by atoms with van der Waals surface area (Å²) in [5.74, 6) is 8.09. The Labute approximate surface area is 122 Å². The SMILES string of the molecule is CCc1nnc(NN=Cc2cccc(OC)c2OC)n1N. The second kappa shape index (κ2) is 6.60. The Morgan fingerprint density at radius 2 is 2.14 bits per heavy atom. The summed E-state index contributed by atoms with van der Waals surface area (Å²) < 4.78 is 11.9. The lowest BCUT2D eigenvalue weighted by Crippen LogP contribution is -2.14. The normalized spacial score (nSPS) is 10.8. The number of methoxy groups -OCH3 is 2. The van der Waals surface area contributed by atoms with E-state index in [1.165, 1.54) is 4.68 Å². The zero-order valence-electron chi connectivity index (χ0n) is 12.2. The van der Waals surface area contributed by atoms with Gasteiger partial charge in [-0.25, -0.2) is 10.1 Å². The Kier molecular flexibility index (Phi) is 4.60. The van der Waals surface area contributed by atoms with Crippen LogP contribution in [0.1, 0.15) is 18.3 Å². The predicted octanol–water partition coefficient (Wildman–Crippen LogP) is 1.02. The molecule has 8 heteroatoms. The molecule has 3 N–H and O–H groups in total. The highest BCUT2D eigenvalue weighted by Crippen LogP contribution is 2.29. The van der Waals surface area contributed by atoms with Crippen molar-refractivity contribution in [3.8, 4) is 11.5 Å². The molecule has 0 saturated heterocycles. The van der Waals surface area contributed by atoms with Gasteiger partial charge in [0, 0.05) is 12.0 Å². The van der Waals surface area contributed by atoms with Crippen LogP contribution in [-0.2, 0) is 6.42 Å². The third-order valence-electron chi connectivity index (χ3n) is 2.88. The average molecular weight is 290 g/mol. The molecule has 0 bridgehead atoms. The van der Waals surface area contributed by atoms with Gasteiger partial charge >= 0.3 is 0 Å². The maximum atomic E-state index is 5.81. The molecule has 2 aromatic rings. The Hall–Kier alpha value is -2.77. The van der Waals surface area contributed by atoms with Crippen LogP contribution in [0.25, 0.3) is 0 Å². The van der Waals surface area contributed by atoms with Gasteiger partial charge in [-0.3, -0.25) is 0 Å². The first-order valence-electron chi connectivity index (χ1n) is 6.40. The molecule has 0 unspecified atom stereocenters. The summed E-state index contributed by atoms with van der Waals surface area (Å²) in [6.45, 7) is 1.95. The van der Waals surface area contributed by atoms with E-state index < -0.39 is 0 Å². The fourth-order valence-electron chi connectivity index (χ4n) is 1.81. The number of nitrogens with zero attached hydrogens (tertiary/aromatic N) is 4. The Morgan fingerprint density at radius 3 is 2.76 bits per heavy atom. The number of benzene rings is 1. The van der Waals surface area contributed by atoms with E-state index in [9.17, 15) is 0 Å². The molecule has 8 nitrogen and oxygen atoms in total. The monoisotopic (exact) mass is 290 g/mol. The standard InChI is InChI=1S/C13H18N6O2/c1-4-11-16-18-13(19(11)14)17-15-8-9-6-5-7-10(20-2)12(9)21-3/h5-8H,4,14H2,1-3H3,(H,17,18). The average Bonchev–Trinajstić information content (AvgIpc) is 2.87. The summed E-state index contributed by atoms with van der Waals surface area (Å²) in [4.78, 5) is 0. The van der Waals surface area contributed by atoms with Crippen LogP contribution in [-0.4, -0.2) is 35.3 Å². The van der Waals surface area contributed by atoms with E-state index in [1.807, 2.05) is 25.1 Å². The highest BCUT2D eigenvalue weighted by molar-refractivity contribution is 5.85. The molecule has 1 aromatic heterocycles. The van der Waals surface area contributed by atoms with Crippen molar-refractivity contribution in [3.05, 3.63) is 29.6 Å². The Morgan fingerprint density at radius 1 is 1.33 bits per heavy atom. The molecule has 0 saturated carbocycles. The number of hydrogen-bond acceptors (Lipinski definition) is 7. The van der Waals surface area contributed by atoms with E-state index >= 15 is 0 Å². The molecule has 0 aliphatic rings. The van der Waals surface area contributed by atoms with Crippen molar-refractivity contribution in [1.29, 1.82) is 0 Å². The molecular weight excluding hydrogens is 272 g/mol. The molecule has 1 aromatic carbocycles. The first-order valence-corrected chi connectivity index (χ1v) is 6.40. The van der Waals surface area contributed by atoms with Crippen molar-refractivity contribution in [3.63, 3.8) is 0 Å². The zero-order chi connectivity index (χ0) is 15.2. The fraction of sp³-hybridized carbons (Fsp3) is 0.308. The summed E-state index contributed by atoms with van der Waals surface area (Å²) in [5.41, 5.74) is 3.51. The Balaban J connectivity index is 2.16. The number of nitrogens with two attached hydrogens (primary N) is 1. The van der Waals surface area contributed by atoms with Crippen molar-refractivity contribution in [1.82, 2.24) is 14.9 Å². The highest BCUT2D eigenvalue weighted by Gasteiger charge is 2.08. The number of anilines is 1. The summed E-state index contributed by atoms with van der Waals surface area (Å²) in [6.07, 6.45) is 2.29. The van der Waals surface area contributed by atoms with Crippen LogP contribution in [0, 0.1) is 0 Å². The Bertz CT molecular complexity index is 638. The molecule has 0 aliphatic heterocycles. The zero-order valence-corrected chi connectivity index (χ0v) is 12.2. The number of aryl methyl sites for hydroxylation is 1. The van der Waals surface area contributed by atoms with Crippen molar-refractivity contribution in [2.45, 2.75) is 13.3 Å². The number of ether oxygens (including phenoxy) is 2. The van der Waals surface area contributed by atoms with Gasteiger partial charge in [-0.15, -0.1) is 10.2 Å². The second-order valence-corrected chi connectivity index (χ2v) is 4.12. The number of hydrogen-bond donors (Lipinski definition) is 2. The lowest BCUT2D eigenvalue weighted by atomic mass is 10.2. The molecule has 0 spiro atoms. The molecule has 0 radical (unpaired) electrons. The van der Waals surface area contributed by atoms with Gasteiger partial charge < -0.3 is 15.3 Å². The minimum atomic E-state index is 0.366. The number of para-hydroxylation sites is 1. The van der Waals surface area contributed by atoms with E-state index in [0.717, 1.165) is 5.56 Å². The van der Waals surface area contributed by atoms with Gasteiger partial charge in [-0.2, -0.15) is 5.10 Å². The molecule has 21 heavy (non-hydrogen) atoms. The van der Waals surface area contributed by atoms with Crippen LogP contribution < -0.4 is 20.7 Å². The lowest BCUT2D eigenvalue weighted by molar-refractivity contribution is 0.354. The topological polar surface area (TPSA) is 99.6 Å². The summed E-state index contributed by atoms with van der Waals surface area (Å²) >= 11 is 0. The molecule has 0 amide bonds. The number of nitrogen functional groups attached to an aromatic ring is 1. The van der Waals surface area contributed by atoms with Crippen LogP contribution in [0.4, 0.5) is 5.95 Å². The van der Waals surface area contributed by atoms with E-state index in [0.29, 0.717) is 29.7 Å². The van der Waals surface area contributed by atoms with Crippen molar-refractivity contribution >= 4 is 12.2 Å². The van der Waals surface area contributed by atoms with Gasteiger partial charge in [0.05, 0.1) is 20.4 Å². The molecule has 0 aliphatic carbocycles. The smallest absolute Gasteiger partial charge is 0.263 e. The van der Waals surface area contributed by atoms with E-state index in [2.05, 4.69) is 20.7 Å². The third-order valence-corrected chi connectivity index (χ3v) is 2.88. The number of rotatable bonds is 6. The molecule has 1 heterocycles. The molecule has 2 rings (SSSR count). The number of hydrazone groups is 1. The van der Waals surface area contributed by atoms with Crippen molar-refractivity contribution < 1.29 is 9.47 Å². The number of aromatic nitrogens is 3. The van der Waals surface area contributed by atoms with E-state index in [-0.39, 0.29) is 0 Å². The fourth-order valence-corrected chi connectivity index (χ4v) is 1.81. The van der Waals surface area contributed by atoms with Crippen molar-refractivity contribution in [2.24, 2.45) is 5.10 Å². The predicted molar refractivity (Wildman–Crippen MR) is 80.3 cm³/mol. The van der Waals surface area contributed by atoms with E-state index in [4.69, 9.17) is 15.3 Å². The van der Waals surface area contributed by atoms with Gasteiger partial charge in [-0.1, -0.05) is 13.0 Å². The summed E-state index contributed by atoms with van der Waals surface area (Å²) in [5, 5.41) is 11.9. The molecule has 0 fully saturated rings. The first kappa shape index (κ1) is 14.6. The maximum Gasteiger partial charge on any atom is 0.263 e. The number of nitrogens with one attached hydrogen (secondary N) is 1. The van der Waals surface area contributed by atoms with E-state index in [1.54, 1.807) is 20.4 Å². The van der Waals surface area contributed by atoms with Crippen LogP contribution in [0.2, 0.25) is 0 Å². The second-order valence-electron chi connectivity index (χ2n) is 4.12. The quantitative estimate of drug-likeness (QED) is 0.468. The van der Waals surface area contributed by atoms with Gasteiger partial charge in [0.1, 0.15) is 0 Å². The molecule has 0 atom stereocenters. The maximum absolute atomic E-state index is 5.81. The first-order chi connectivity index (χ1) is 10.2. The molecular formula is C13H18N6O2. The van der Waals surface area contributed by atoms with Gasteiger partial charge in [0.2, 0.25) is 0 Å².